The quantitative estimate of drug-likeness (QED) is 0.733. The number of nitrogens with two attached hydrogens (primary N) is 1. The topological polar surface area (TPSA) is 80.4 Å². The van der Waals surface area contributed by atoms with Crippen molar-refractivity contribution < 1.29 is 9.18 Å². The number of hydrogen-bond donors (Lipinski definition) is 2. The van der Waals surface area contributed by atoms with Crippen LogP contribution < -0.4 is 11.1 Å². The van der Waals surface area contributed by atoms with Gasteiger partial charge < -0.3 is 11.1 Å². The van der Waals surface area contributed by atoms with E-state index in [-0.39, 0.29) is 23.3 Å². The minimum Gasteiger partial charge on any atom is -0.379 e. The number of thioether (sulfide) groups is 1. The van der Waals surface area contributed by atoms with Gasteiger partial charge in [0.15, 0.2) is 5.17 Å². The third-order valence-corrected chi connectivity index (χ3v) is 6.60. The molecule has 0 radical (unpaired) electrons. The van der Waals surface area contributed by atoms with Gasteiger partial charge in [0, 0.05) is 27.7 Å². The van der Waals surface area contributed by atoms with Crippen molar-refractivity contribution in [3.8, 4) is 0 Å². The maximum atomic E-state index is 14.8. The molecule has 2 aliphatic rings. The lowest BCUT2D eigenvalue weighted by atomic mass is 9.81. The fourth-order valence-electron chi connectivity index (χ4n) is 3.90. The highest BCUT2D eigenvalue weighted by atomic mass is 79.9. The molecule has 2 aromatic rings. The molecule has 1 aliphatic heterocycles. The predicted molar refractivity (Wildman–Crippen MR) is 109 cm³/mol. The number of amides is 1. The summed E-state index contributed by atoms with van der Waals surface area (Å²) in [5.74, 6) is 0.435. The van der Waals surface area contributed by atoms with E-state index in [1.165, 1.54) is 17.8 Å². The first kappa shape index (κ1) is 18.4. The molecule has 0 spiro atoms. The van der Waals surface area contributed by atoms with Gasteiger partial charge in [-0.05, 0) is 65.0 Å². The summed E-state index contributed by atoms with van der Waals surface area (Å²) in [4.78, 5) is 21.2. The van der Waals surface area contributed by atoms with E-state index in [4.69, 9.17) is 5.73 Å². The molecule has 0 bridgehead atoms. The zero-order chi connectivity index (χ0) is 19.0. The van der Waals surface area contributed by atoms with Gasteiger partial charge in [0.1, 0.15) is 11.5 Å². The van der Waals surface area contributed by atoms with Gasteiger partial charge in [0.25, 0.3) is 5.91 Å². The number of nitrogens with zero attached hydrogens (tertiary/aromatic N) is 2. The van der Waals surface area contributed by atoms with Gasteiger partial charge >= 0.3 is 0 Å². The molecule has 2 atom stereocenters. The summed E-state index contributed by atoms with van der Waals surface area (Å²) in [6.45, 7) is 0. The second kappa shape index (κ2) is 7.24. The smallest absolute Gasteiger partial charge is 0.274 e. The fraction of sp³-hybridized carbons (Fsp3) is 0.316. The summed E-state index contributed by atoms with van der Waals surface area (Å²) in [5, 5.41) is 3.30. The van der Waals surface area contributed by atoms with Crippen LogP contribution in [0, 0.1) is 11.7 Å². The number of anilines is 1. The van der Waals surface area contributed by atoms with Crippen molar-refractivity contribution in [2.24, 2.45) is 16.6 Å². The van der Waals surface area contributed by atoms with Crippen LogP contribution in [0.25, 0.3) is 0 Å². The maximum Gasteiger partial charge on any atom is 0.274 e. The van der Waals surface area contributed by atoms with E-state index < -0.39 is 5.54 Å². The molecule has 1 aromatic heterocycles. The number of carbonyl (C=O) groups is 1. The predicted octanol–water partition coefficient (Wildman–Crippen LogP) is 4.29. The zero-order valence-corrected chi connectivity index (χ0v) is 16.8. The largest absolute Gasteiger partial charge is 0.379 e. The van der Waals surface area contributed by atoms with E-state index in [9.17, 15) is 9.18 Å². The highest BCUT2D eigenvalue weighted by Gasteiger charge is 2.48. The summed E-state index contributed by atoms with van der Waals surface area (Å²) in [6, 6.07) is 8.01. The highest BCUT2D eigenvalue weighted by molar-refractivity contribution is 9.10. The molecular formula is C19H18BrFN4OS. The third kappa shape index (κ3) is 3.48. The van der Waals surface area contributed by atoms with Crippen LogP contribution >= 0.6 is 27.7 Å². The van der Waals surface area contributed by atoms with E-state index in [1.54, 1.807) is 30.5 Å². The van der Waals surface area contributed by atoms with Crippen LogP contribution in [0.1, 0.15) is 35.3 Å². The average molecular weight is 449 g/mol. The number of halogens is 2. The number of fused-ring (bicyclic) bond motifs is 1. The molecule has 8 heteroatoms. The number of carbonyl (C=O) groups excluding carboxylic acids is 1. The van der Waals surface area contributed by atoms with Crippen molar-refractivity contribution in [2.75, 3.05) is 11.1 Å². The second-order valence-corrected chi connectivity index (χ2v) is 8.74. The molecule has 1 fully saturated rings. The van der Waals surface area contributed by atoms with Gasteiger partial charge in [-0.25, -0.2) is 9.37 Å². The molecule has 27 heavy (non-hydrogen) atoms. The number of pyridine rings is 1. The van der Waals surface area contributed by atoms with E-state index in [0.29, 0.717) is 16.4 Å². The number of nitrogens with one attached hydrogen (secondary N) is 1. The van der Waals surface area contributed by atoms with Gasteiger partial charge in [0.2, 0.25) is 0 Å². The monoisotopic (exact) mass is 448 g/mol. The molecule has 1 aromatic carbocycles. The Kier molecular flexibility index (Phi) is 4.94. The van der Waals surface area contributed by atoms with Crippen molar-refractivity contribution >= 4 is 44.5 Å². The van der Waals surface area contributed by atoms with E-state index in [0.717, 1.165) is 29.5 Å². The first-order valence-electron chi connectivity index (χ1n) is 8.69. The minimum absolute atomic E-state index is 0.253. The van der Waals surface area contributed by atoms with Crippen LogP contribution in [0.5, 0.6) is 0 Å². The van der Waals surface area contributed by atoms with Crippen LogP contribution in [-0.2, 0) is 5.54 Å². The SMILES string of the molecule is NC1=N[C@@]2(c3cc(NC(=O)c4ccc(Br)cn4)ccc3F)CCC[C@H]2CS1. The van der Waals surface area contributed by atoms with Gasteiger partial charge in [-0.3, -0.25) is 9.79 Å². The molecule has 5 nitrogen and oxygen atoms in total. The molecule has 3 N–H and O–H groups in total. The second-order valence-electron chi connectivity index (χ2n) is 6.78. The lowest BCUT2D eigenvalue weighted by Gasteiger charge is -2.36. The lowest BCUT2D eigenvalue weighted by molar-refractivity contribution is 0.102. The van der Waals surface area contributed by atoms with Crippen LogP contribution in [0.15, 0.2) is 46.0 Å². The Labute approximate surface area is 169 Å². The van der Waals surface area contributed by atoms with Crippen LogP contribution in [0.4, 0.5) is 10.1 Å². The van der Waals surface area contributed by atoms with Crippen LogP contribution in [-0.4, -0.2) is 21.8 Å². The van der Waals surface area contributed by atoms with Gasteiger partial charge in [-0.15, -0.1) is 0 Å². The van der Waals surface area contributed by atoms with Gasteiger partial charge in [0.05, 0.1) is 5.54 Å². The van der Waals surface area contributed by atoms with E-state index >= 15 is 0 Å². The number of rotatable bonds is 3. The molecule has 140 valence electrons. The number of amidine groups is 1. The van der Waals surface area contributed by atoms with Crippen molar-refractivity contribution in [3.63, 3.8) is 0 Å². The first-order chi connectivity index (χ1) is 13.0. The molecule has 0 saturated heterocycles. The Morgan fingerprint density at radius 2 is 2.22 bits per heavy atom. The molecular weight excluding hydrogens is 431 g/mol. The minimum atomic E-state index is -0.629. The number of aliphatic imine (C=N–C) groups is 1. The third-order valence-electron chi connectivity index (χ3n) is 5.18. The summed E-state index contributed by atoms with van der Waals surface area (Å²) >= 11 is 4.82. The van der Waals surface area contributed by atoms with Gasteiger partial charge in [-0.2, -0.15) is 0 Å². The summed E-state index contributed by atoms with van der Waals surface area (Å²) in [6.07, 6.45) is 4.31. The van der Waals surface area contributed by atoms with Gasteiger partial charge in [-0.1, -0.05) is 18.2 Å². The van der Waals surface area contributed by atoms with Crippen molar-refractivity contribution in [1.82, 2.24) is 4.98 Å². The first-order valence-corrected chi connectivity index (χ1v) is 10.5. The van der Waals surface area contributed by atoms with E-state index in [2.05, 4.69) is 31.2 Å². The van der Waals surface area contributed by atoms with E-state index in [1.807, 2.05) is 0 Å². The maximum absolute atomic E-state index is 14.8. The Balaban J connectivity index is 1.67. The Morgan fingerprint density at radius 3 is 3.00 bits per heavy atom. The molecule has 0 unspecified atom stereocenters. The molecule has 1 saturated carbocycles. The zero-order valence-electron chi connectivity index (χ0n) is 14.4. The van der Waals surface area contributed by atoms with Crippen LogP contribution in [0.3, 0.4) is 0 Å². The molecule has 2 heterocycles. The molecule has 1 aliphatic carbocycles. The number of hydrogen-bond acceptors (Lipinski definition) is 5. The number of aromatic nitrogens is 1. The van der Waals surface area contributed by atoms with Crippen molar-refractivity contribution in [1.29, 1.82) is 0 Å². The lowest BCUT2D eigenvalue weighted by Crippen LogP contribution is -2.37. The molecule has 1 amide bonds. The molecule has 4 rings (SSSR count). The summed E-state index contributed by atoms with van der Waals surface area (Å²) in [5.41, 5.74) is 6.67. The normalized spacial score (nSPS) is 24.2. The summed E-state index contributed by atoms with van der Waals surface area (Å²) in [7, 11) is 0. The van der Waals surface area contributed by atoms with Crippen LogP contribution in [0.2, 0.25) is 0 Å². The fourth-order valence-corrected chi connectivity index (χ4v) is 5.18. The standard InChI is InChI=1S/C19H18BrFN4OS/c20-12-3-6-16(23-9-12)17(26)24-13-4-5-15(21)14(8-13)19-7-1-2-11(19)10-27-18(22)25-19/h3-6,8-9,11H,1-2,7,10H2,(H2,22,25)(H,24,26)/t11-,19-/m0/s1. The highest BCUT2D eigenvalue weighted by Crippen LogP contribution is 2.51. The average Bonchev–Trinajstić information content (AvgIpc) is 3.07. The number of benzene rings is 1. The van der Waals surface area contributed by atoms with Crippen molar-refractivity contribution in [2.45, 2.75) is 24.8 Å². The van der Waals surface area contributed by atoms with Crippen molar-refractivity contribution in [3.05, 3.63) is 58.1 Å². The summed E-state index contributed by atoms with van der Waals surface area (Å²) < 4.78 is 15.6. The Hall–Kier alpha value is -1.93. The Morgan fingerprint density at radius 1 is 1.37 bits per heavy atom. The Bertz CT molecular complexity index is 920.